The number of hydrogen-bond donors (Lipinski definition) is 1. The summed E-state index contributed by atoms with van der Waals surface area (Å²) in [6.45, 7) is 1.09. The Hall–Kier alpha value is -1.46. The summed E-state index contributed by atoms with van der Waals surface area (Å²) in [7, 11) is 0. The molecule has 0 atom stereocenters. The van der Waals surface area contributed by atoms with Crippen molar-refractivity contribution in [2.45, 2.75) is 13.0 Å². The first-order valence-electron chi connectivity index (χ1n) is 4.99. The van der Waals surface area contributed by atoms with E-state index in [-0.39, 0.29) is 0 Å². The molecule has 1 aromatic carbocycles. The van der Waals surface area contributed by atoms with Gasteiger partial charge in [0.2, 0.25) is 0 Å². The minimum Gasteiger partial charge on any atom is -0.329 e. The van der Waals surface area contributed by atoms with Gasteiger partial charge in [-0.2, -0.15) is 4.80 Å². The maximum atomic E-state index is 5.89. The molecule has 2 aromatic rings. The van der Waals surface area contributed by atoms with E-state index in [1.165, 1.54) is 4.80 Å². The van der Waals surface area contributed by atoms with Crippen molar-refractivity contribution in [3.63, 3.8) is 0 Å². The SMILES string of the molecule is NCCn1nnc(Cc2cccc(Cl)c2)n1. The fourth-order valence-electron chi connectivity index (χ4n) is 1.39. The Kier molecular flexibility index (Phi) is 3.48. The largest absolute Gasteiger partial charge is 0.329 e. The molecule has 0 saturated carbocycles. The Morgan fingerprint density at radius 2 is 2.25 bits per heavy atom. The van der Waals surface area contributed by atoms with Gasteiger partial charge >= 0.3 is 0 Å². The lowest BCUT2D eigenvalue weighted by atomic mass is 10.1. The van der Waals surface area contributed by atoms with Gasteiger partial charge in [-0.15, -0.1) is 10.2 Å². The van der Waals surface area contributed by atoms with Gasteiger partial charge in [-0.05, 0) is 22.9 Å². The van der Waals surface area contributed by atoms with Gasteiger partial charge in [0, 0.05) is 18.0 Å². The van der Waals surface area contributed by atoms with Crippen LogP contribution in [0.25, 0.3) is 0 Å². The second-order valence-electron chi connectivity index (χ2n) is 3.40. The summed E-state index contributed by atoms with van der Waals surface area (Å²) in [5, 5.41) is 12.7. The van der Waals surface area contributed by atoms with E-state index in [9.17, 15) is 0 Å². The van der Waals surface area contributed by atoms with Crippen molar-refractivity contribution in [1.29, 1.82) is 0 Å². The molecule has 6 heteroatoms. The number of nitrogens with zero attached hydrogens (tertiary/aromatic N) is 4. The third-order valence-electron chi connectivity index (χ3n) is 2.07. The average molecular weight is 238 g/mol. The van der Waals surface area contributed by atoms with Crippen LogP contribution in [0.2, 0.25) is 5.02 Å². The van der Waals surface area contributed by atoms with Crippen LogP contribution >= 0.6 is 11.6 Å². The predicted molar refractivity (Wildman–Crippen MR) is 61.1 cm³/mol. The van der Waals surface area contributed by atoms with Crippen molar-refractivity contribution in [2.24, 2.45) is 5.73 Å². The molecule has 0 aliphatic rings. The summed E-state index contributed by atoms with van der Waals surface area (Å²) >= 11 is 5.89. The van der Waals surface area contributed by atoms with Crippen LogP contribution in [0.15, 0.2) is 24.3 Å². The number of tetrazole rings is 1. The summed E-state index contributed by atoms with van der Waals surface area (Å²) in [5.74, 6) is 0.677. The number of benzene rings is 1. The normalized spacial score (nSPS) is 10.6. The molecule has 0 amide bonds. The van der Waals surface area contributed by atoms with E-state index in [4.69, 9.17) is 17.3 Å². The molecular formula is C10H12ClN5. The van der Waals surface area contributed by atoms with Crippen LogP contribution in [-0.4, -0.2) is 26.8 Å². The maximum Gasteiger partial charge on any atom is 0.179 e. The van der Waals surface area contributed by atoms with Crippen molar-refractivity contribution in [3.8, 4) is 0 Å². The van der Waals surface area contributed by atoms with Crippen molar-refractivity contribution < 1.29 is 0 Å². The molecule has 2 N–H and O–H groups in total. The highest BCUT2D eigenvalue weighted by molar-refractivity contribution is 6.30. The maximum absolute atomic E-state index is 5.89. The van der Waals surface area contributed by atoms with E-state index in [0.717, 1.165) is 5.56 Å². The first kappa shape index (κ1) is 11.0. The Bertz CT molecular complexity index is 468. The first-order chi connectivity index (χ1) is 7.78. The smallest absolute Gasteiger partial charge is 0.179 e. The van der Waals surface area contributed by atoms with Gasteiger partial charge in [-0.1, -0.05) is 23.7 Å². The quantitative estimate of drug-likeness (QED) is 0.857. The van der Waals surface area contributed by atoms with Crippen LogP contribution in [-0.2, 0) is 13.0 Å². The monoisotopic (exact) mass is 237 g/mol. The van der Waals surface area contributed by atoms with Crippen LogP contribution < -0.4 is 5.73 Å². The summed E-state index contributed by atoms with van der Waals surface area (Å²) < 4.78 is 0. The van der Waals surface area contributed by atoms with Gasteiger partial charge in [-0.3, -0.25) is 0 Å². The van der Waals surface area contributed by atoms with Crippen molar-refractivity contribution in [2.75, 3.05) is 6.54 Å². The van der Waals surface area contributed by atoms with Crippen molar-refractivity contribution >= 4 is 11.6 Å². The van der Waals surface area contributed by atoms with E-state index < -0.39 is 0 Å². The molecule has 0 saturated heterocycles. The zero-order valence-corrected chi connectivity index (χ0v) is 9.43. The van der Waals surface area contributed by atoms with Gasteiger partial charge < -0.3 is 5.73 Å². The number of hydrogen-bond acceptors (Lipinski definition) is 4. The number of nitrogens with two attached hydrogens (primary N) is 1. The van der Waals surface area contributed by atoms with Gasteiger partial charge in [0.05, 0.1) is 6.54 Å². The number of halogens is 1. The summed E-state index contributed by atoms with van der Waals surface area (Å²) in [4.78, 5) is 1.50. The summed E-state index contributed by atoms with van der Waals surface area (Å²) in [5.41, 5.74) is 6.47. The molecule has 0 fully saturated rings. The Labute approximate surface area is 98.2 Å². The van der Waals surface area contributed by atoms with Crippen LogP contribution in [0.3, 0.4) is 0 Å². The molecule has 16 heavy (non-hydrogen) atoms. The third-order valence-corrected chi connectivity index (χ3v) is 2.31. The van der Waals surface area contributed by atoms with E-state index in [2.05, 4.69) is 15.4 Å². The van der Waals surface area contributed by atoms with Gasteiger partial charge in [-0.25, -0.2) is 0 Å². The van der Waals surface area contributed by atoms with Crippen molar-refractivity contribution in [3.05, 3.63) is 40.7 Å². The van der Waals surface area contributed by atoms with Crippen molar-refractivity contribution in [1.82, 2.24) is 20.2 Å². The third kappa shape index (κ3) is 2.77. The zero-order valence-electron chi connectivity index (χ0n) is 8.67. The second-order valence-corrected chi connectivity index (χ2v) is 3.83. The lowest BCUT2D eigenvalue weighted by Crippen LogP contribution is -2.12. The number of rotatable bonds is 4. The van der Waals surface area contributed by atoms with E-state index >= 15 is 0 Å². The molecule has 1 heterocycles. The lowest BCUT2D eigenvalue weighted by Gasteiger charge is -1.97. The van der Waals surface area contributed by atoms with Crippen LogP contribution in [0, 0.1) is 0 Å². The molecule has 0 unspecified atom stereocenters. The molecule has 0 bridgehead atoms. The minimum atomic E-state index is 0.507. The Balaban J connectivity index is 2.08. The molecule has 0 radical (unpaired) electrons. The molecule has 5 nitrogen and oxygen atoms in total. The highest BCUT2D eigenvalue weighted by atomic mass is 35.5. The fourth-order valence-corrected chi connectivity index (χ4v) is 1.60. The summed E-state index contributed by atoms with van der Waals surface area (Å²) in [6, 6.07) is 7.62. The second kappa shape index (κ2) is 5.05. The summed E-state index contributed by atoms with van der Waals surface area (Å²) in [6.07, 6.45) is 0.630. The molecular weight excluding hydrogens is 226 g/mol. The molecule has 0 aliphatic carbocycles. The first-order valence-corrected chi connectivity index (χ1v) is 5.37. The predicted octanol–water partition coefficient (Wildman–Crippen LogP) is 0.876. The van der Waals surface area contributed by atoms with Crippen LogP contribution in [0.1, 0.15) is 11.4 Å². The average Bonchev–Trinajstić information content (AvgIpc) is 2.66. The minimum absolute atomic E-state index is 0.507. The molecule has 2 rings (SSSR count). The van der Waals surface area contributed by atoms with Gasteiger partial charge in [0.1, 0.15) is 0 Å². The molecule has 0 aliphatic heterocycles. The van der Waals surface area contributed by atoms with E-state index in [1.807, 2.05) is 24.3 Å². The standard InChI is InChI=1S/C10H12ClN5/c11-9-3-1-2-8(6-9)7-10-13-15-16(14-10)5-4-12/h1-3,6H,4-5,7,12H2. The highest BCUT2D eigenvalue weighted by Gasteiger charge is 2.03. The fraction of sp³-hybridized carbons (Fsp3) is 0.300. The molecule has 1 aromatic heterocycles. The Morgan fingerprint density at radius 3 is 3.00 bits per heavy atom. The molecule has 84 valence electrons. The van der Waals surface area contributed by atoms with Crippen LogP contribution in [0.5, 0.6) is 0 Å². The van der Waals surface area contributed by atoms with Gasteiger partial charge in [0.25, 0.3) is 0 Å². The Morgan fingerprint density at radius 1 is 1.38 bits per heavy atom. The number of aromatic nitrogens is 4. The lowest BCUT2D eigenvalue weighted by molar-refractivity contribution is 0.529. The van der Waals surface area contributed by atoms with E-state index in [1.54, 1.807) is 0 Å². The molecule has 0 spiro atoms. The topological polar surface area (TPSA) is 69.6 Å². The van der Waals surface area contributed by atoms with Crippen LogP contribution in [0.4, 0.5) is 0 Å². The van der Waals surface area contributed by atoms with Gasteiger partial charge in [0.15, 0.2) is 5.82 Å². The highest BCUT2D eigenvalue weighted by Crippen LogP contribution is 2.12. The van der Waals surface area contributed by atoms with E-state index in [0.29, 0.717) is 30.4 Å². The zero-order chi connectivity index (χ0) is 11.4.